The molecule has 1 aromatic rings. The first kappa shape index (κ1) is 16.2. The maximum absolute atomic E-state index is 12.0. The average Bonchev–Trinajstić information content (AvgIpc) is 3.37. The molecule has 0 radical (unpaired) electrons. The minimum Gasteiger partial charge on any atom is -0.391 e. The van der Waals surface area contributed by atoms with E-state index in [-0.39, 0.29) is 11.8 Å². The van der Waals surface area contributed by atoms with E-state index in [4.69, 9.17) is 0 Å². The maximum atomic E-state index is 12.0. The van der Waals surface area contributed by atoms with Crippen molar-refractivity contribution in [3.05, 3.63) is 41.5 Å². The molecule has 1 atom stereocenters. The van der Waals surface area contributed by atoms with Gasteiger partial charge in [-0.2, -0.15) is 0 Å². The van der Waals surface area contributed by atoms with Gasteiger partial charge in [0.2, 0.25) is 5.91 Å². The number of amides is 2. The molecule has 1 aliphatic carbocycles. The lowest BCUT2D eigenvalue weighted by Crippen LogP contribution is -2.34. The van der Waals surface area contributed by atoms with Gasteiger partial charge in [0.25, 0.3) is 5.91 Å². The molecule has 0 heterocycles. The van der Waals surface area contributed by atoms with Crippen molar-refractivity contribution in [2.24, 2.45) is 5.92 Å². The summed E-state index contributed by atoms with van der Waals surface area (Å²) >= 11 is 0. The van der Waals surface area contributed by atoms with Crippen molar-refractivity contribution in [3.8, 4) is 0 Å². The zero-order valence-corrected chi connectivity index (χ0v) is 13.0. The predicted molar refractivity (Wildman–Crippen MR) is 85.2 cm³/mol. The Morgan fingerprint density at radius 1 is 1.36 bits per heavy atom. The molecule has 118 valence electrons. The lowest BCUT2D eigenvalue weighted by atomic mass is 10.1. The second kappa shape index (κ2) is 7.22. The standard InChI is InChI=1S/C17H22N2O3/c1-18-17(22)14-6-3-12(4-7-14)5-10-16(21)19(2)11-15(20)13-8-9-13/h3-7,10,13,15,20H,8-9,11H2,1-2H3,(H,18,22)/b10-5+. The van der Waals surface area contributed by atoms with E-state index < -0.39 is 6.10 Å². The Bertz CT molecular complexity index is 562. The second-order valence-electron chi connectivity index (χ2n) is 5.66. The highest BCUT2D eigenvalue weighted by molar-refractivity contribution is 5.94. The number of aliphatic hydroxyl groups excluding tert-OH is 1. The molecule has 5 heteroatoms. The average molecular weight is 302 g/mol. The minimum atomic E-state index is -0.422. The third-order valence-electron chi connectivity index (χ3n) is 3.82. The Kier molecular flexibility index (Phi) is 5.33. The molecule has 0 aliphatic heterocycles. The number of rotatable bonds is 6. The number of hydrogen-bond acceptors (Lipinski definition) is 3. The highest BCUT2D eigenvalue weighted by Crippen LogP contribution is 2.32. The van der Waals surface area contributed by atoms with Gasteiger partial charge in [-0.3, -0.25) is 9.59 Å². The molecule has 1 aromatic carbocycles. The lowest BCUT2D eigenvalue weighted by molar-refractivity contribution is -0.126. The highest BCUT2D eigenvalue weighted by Gasteiger charge is 2.30. The van der Waals surface area contributed by atoms with Gasteiger partial charge in [0.15, 0.2) is 0 Å². The van der Waals surface area contributed by atoms with Crippen molar-refractivity contribution in [2.75, 3.05) is 20.6 Å². The Morgan fingerprint density at radius 2 is 2.00 bits per heavy atom. The second-order valence-corrected chi connectivity index (χ2v) is 5.66. The first-order chi connectivity index (χ1) is 10.5. The van der Waals surface area contributed by atoms with Crippen LogP contribution < -0.4 is 5.32 Å². The predicted octanol–water partition coefficient (Wildman–Crippen LogP) is 1.29. The molecule has 1 unspecified atom stereocenters. The molecule has 0 aromatic heterocycles. The molecule has 2 N–H and O–H groups in total. The molecule has 1 saturated carbocycles. The quantitative estimate of drug-likeness (QED) is 0.778. The molecule has 0 spiro atoms. The van der Waals surface area contributed by atoms with Gasteiger partial charge in [0.1, 0.15) is 0 Å². The molecule has 0 saturated heterocycles. The third-order valence-corrected chi connectivity index (χ3v) is 3.82. The summed E-state index contributed by atoms with van der Waals surface area (Å²) in [5.41, 5.74) is 1.42. The molecular formula is C17H22N2O3. The first-order valence-electron chi connectivity index (χ1n) is 7.44. The fraction of sp³-hybridized carbons (Fsp3) is 0.412. The van der Waals surface area contributed by atoms with Crippen LogP contribution in [0.4, 0.5) is 0 Å². The van der Waals surface area contributed by atoms with E-state index in [9.17, 15) is 14.7 Å². The minimum absolute atomic E-state index is 0.139. The lowest BCUT2D eigenvalue weighted by Gasteiger charge is -2.19. The Balaban J connectivity index is 1.89. The molecule has 5 nitrogen and oxygen atoms in total. The summed E-state index contributed by atoms with van der Waals surface area (Å²) in [6.07, 6.45) is 4.87. The van der Waals surface area contributed by atoms with Crippen LogP contribution in [0.2, 0.25) is 0 Å². The van der Waals surface area contributed by atoms with Crippen LogP contribution >= 0.6 is 0 Å². The van der Waals surface area contributed by atoms with Crippen molar-refractivity contribution < 1.29 is 14.7 Å². The summed E-state index contributed by atoms with van der Waals surface area (Å²) < 4.78 is 0. The SMILES string of the molecule is CNC(=O)c1ccc(/C=C/C(=O)N(C)CC(O)C2CC2)cc1. The number of aliphatic hydroxyl groups is 1. The van der Waals surface area contributed by atoms with Crippen molar-refractivity contribution >= 4 is 17.9 Å². The number of nitrogens with zero attached hydrogens (tertiary/aromatic N) is 1. The monoisotopic (exact) mass is 302 g/mol. The van der Waals surface area contributed by atoms with Crippen LogP contribution in [0, 0.1) is 5.92 Å². The smallest absolute Gasteiger partial charge is 0.251 e. The van der Waals surface area contributed by atoms with Crippen LogP contribution in [0.3, 0.4) is 0 Å². The fourth-order valence-corrected chi connectivity index (χ4v) is 2.19. The Hall–Kier alpha value is -2.14. The topological polar surface area (TPSA) is 69.6 Å². The van der Waals surface area contributed by atoms with E-state index >= 15 is 0 Å². The van der Waals surface area contributed by atoms with Gasteiger partial charge >= 0.3 is 0 Å². The Labute approximate surface area is 130 Å². The van der Waals surface area contributed by atoms with Crippen LogP contribution in [0.25, 0.3) is 6.08 Å². The molecule has 1 fully saturated rings. The van der Waals surface area contributed by atoms with E-state index in [2.05, 4.69) is 5.32 Å². The summed E-state index contributed by atoms with van der Waals surface area (Å²) in [6.45, 7) is 0.365. The molecular weight excluding hydrogens is 280 g/mol. The van der Waals surface area contributed by atoms with E-state index in [1.54, 1.807) is 44.4 Å². The molecule has 1 aliphatic rings. The van der Waals surface area contributed by atoms with Crippen LogP contribution in [-0.4, -0.2) is 48.6 Å². The van der Waals surface area contributed by atoms with Crippen molar-refractivity contribution in [3.63, 3.8) is 0 Å². The molecule has 0 bridgehead atoms. The highest BCUT2D eigenvalue weighted by atomic mass is 16.3. The number of nitrogens with one attached hydrogen (secondary N) is 1. The van der Waals surface area contributed by atoms with Crippen LogP contribution in [0.15, 0.2) is 30.3 Å². The number of carbonyl (C=O) groups is 2. The van der Waals surface area contributed by atoms with E-state index in [1.807, 2.05) is 0 Å². The Morgan fingerprint density at radius 3 is 2.55 bits per heavy atom. The summed E-state index contributed by atoms with van der Waals surface area (Å²) in [4.78, 5) is 24.9. The normalized spacial score (nSPS) is 15.6. The summed E-state index contributed by atoms with van der Waals surface area (Å²) in [5.74, 6) is 0.0759. The van der Waals surface area contributed by atoms with Crippen LogP contribution in [0.5, 0.6) is 0 Å². The molecule has 2 amide bonds. The van der Waals surface area contributed by atoms with Gasteiger partial charge < -0.3 is 15.3 Å². The number of benzene rings is 1. The summed E-state index contributed by atoms with van der Waals surface area (Å²) in [7, 11) is 3.27. The summed E-state index contributed by atoms with van der Waals surface area (Å²) in [5, 5.41) is 12.4. The van der Waals surface area contributed by atoms with Gasteiger partial charge in [-0.1, -0.05) is 12.1 Å². The van der Waals surface area contributed by atoms with E-state index in [0.29, 0.717) is 18.0 Å². The molecule has 22 heavy (non-hydrogen) atoms. The van der Waals surface area contributed by atoms with Gasteiger partial charge in [0, 0.05) is 32.3 Å². The number of carbonyl (C=O) groups excluding carboxylic acids is 2. The van der Waals surface area contributed by atoms with Crippen LogP contribution in [-0.2, 0) is 4.79 Å². The maximum Gasteiger partial charge on any atom is 0.251 e. The van der Waals surface area contributed by atoms with E-state index in [1.165, 1.54) is 11.0 Å². The largest absolute Gasteiger partial charge is 0.391 e. The summed E-state index contributed by atoms with van der Waals surface area (Å²) in [6, 6.07) is 6.99. The number of hydrogen-bond donors (Lipinski definition) is 2. The zero-order chi connectivity index (χ0) is 16.1. The molecule has 2 rings (SSSR count). The van der Waals surface area contributed by atoms with Crippen molar-refractivity contribution in [2.45, 2.75) is 18.9 Å². The van der Waals surface area contributed by atoms with Gasteiger partial charge in [-0.25, -0.2) is 0 Å². The van der Waals surface area contributed by atoms with E-state index in [0.717, 1.165) is 18.4 Å². The zero-order valence-electron chi connectivity index (χ0n) is 13.0. The van der Waals surface area contributed by atoms with Gasteiger partial charge in [-0.05, 0) is 42.5 Å². The van der Waals surface area contributed by atoms with Crippen LogP contribution in [0.1, 0.15) is 28.8 Å². The van der Waals surface area contributed by atoms with Gasteiger partial charge in [0.05, 0.1) is 6.10 Å². The first-order valence-corrected chi connectivity index (χ1v) is 7.44. The van der Waals surface area contributed by atoms with Crippen molar-refractivity contribution in [1.82, 2.24) is 10.2 Å². The number of likely N-dealkylation sites (N-methyl/N-ethyl adjacent to an activating group) is 1. The fourth-order valence-electron chi connectivity index (χ4n) is 2.19. The van der Waals surface area contributed by atoms with Gasteiger partial charge in [-0.15, -0.1) is 0 Å². The third kappa shape index (κ3) is 4.43. The van der Waals surface area contributed by atoms with Crippen molar-refractivity contribution in [1.29, 1.82) is 0 Å².